The molecule has 1 N–H and O–H groups in total. The minimum atomic E-state index is -3.41. The Labute approximate surface area is 130 Å². The van der Waals surface area contributed by atoms with Crippen molar-refractivity contribution in [3.63, 3.8) is 0 Å². The van der Waals surface area contributed by atoms with Crippen LogP contribution in [0.15, 0.2) is 54.6 Å². The molecule has 2 aromatic rings. The average molecular weight is 325 g/mol. The smallest absolute Gasteiger partial charge is 0.161 e. The van der Waals surface area contributed by atoms with Gasteiger partial charge in [0.1, 0.15) is 5.25 Å². The Morgan fingerprint density at radius 3 is 2.10 bits per heavy atom. The topological polar surface area (TPSA) is 54.4 Å². The van der Waals surface area contributed by atoms with Crippen LogP contribution in [0.4, 0.5) is 0 Å². The van der Waals surface area contributed by atoms with E-state index >= 15 is 0 Å². The van der Waals surface area contributed by atoms with E-state index < -0.39 is 15.1 Å². The monoisotopic (exact) mass is 324 g/mol. The summed E-state index contributed by atoms with van der Waals surface area (Å²) >= 11 is 5.88. The summed E-state index contributed by atoms with van der Waals surface area (Å²) in [4.78, 5) is 0. The zero-order valence-electron chi connectivity index (χ0n) is 11.4. The van der Waals surface area contributed by atoms with Crippen molar-refractivity contribution in [2.45, 2.75) is 11.7 Å². The van der Waals surface area contributed by atoms with Crippen LogP contribution in [-0.2, 0) is 9.84 Å². The van der Waals surface area contributed by atoms with Gasteiger partial charge in [-0.25, -0.2) is 8.42 Å². The van der Waals surface area contributed by atoms with Crippen LogP contribution in [0.1, 0.15) is 22.8 Å². The van der Waals surface area contributed by atoms with Crippen LogP contribution in [0.5, 0.6) is 0 Å². The quantitative estimate of drug-likeness (QED) is 0.887. The van der Waals surface area contributed by atoms with Gasteiger partial charge in [0.15, 0.2) is 9.84 Å². The van der Waals surface area contributed by atoms with Gasteiger partial charge in [-0.15, -0.1) is 0 Å². The third-order valence-electron chi connectivity index (χ3n) is 3.22. The molecular weight excluding hydrogens is 308 g/mol. The molecule has 0 aliphatic carbocycles. The first-order chi connectivity index (χ1) is 10.0. The molecule has 0 aliphatic heterocycles. The molecule has 0 amide bonds. The summed E-state index contributed by atoms with van der Waals surface area (Å²) in [6, 6.07) is 15.9. The van der Waals surface area contributed by atoms with Crippen molar-refractivity contribution in [3.8, 4) is 0 Å². The van der Waals surface area contributed by atoms with Gasteiger partial charge in [-0.3, -0.25) is 0 Å². The minimum Gasteiger partial charge on any atom is -0.396 e. The molecule has 0 spiro atoms. The third-order valence-corrected chi connectivity index (χ3v) is 5.59. The molecule has 3 nitrogen and oxygen atoms in total. The van der Waals surface area contributed by atoms with Crippen molar-refractivity contribution in [2.75, 3.05) is 12.4 Å². The number of aliphatic hydroxyl groups is 1. The molecule has 21 heavy (non-hydrogen) atoms. The molecule has 0 radical (unpaired) electrons. The van der Waals surface area contributed by atoms with E-state index in [1.165, 1.54) is 0 Å². The highest BCUT2D eigenvalue weighted by molar-refractivity contribution is 7.91. The number of hydrogen-bond donors (Lipinski definition) is 1. The summed E-state index contributed by atoms with van der Waals surface area (Å²) in [5, 5.41) is 8.74. The second kappa shape index (κ2) is 7.07. The normalized spacial score (nSPS) is 13.0. The van der Waals surface area contributed by atoms with Gasteiger partial charge in [0.25, 0.3) is 0 Å². The molecule has 0 aromatic heterocycles. The summed E-state index contributed by atoms with van der Waals surface area (Å²) in [5.41, 5.74) is 1.40. The Bertz CT molecular complexity index is 666. The summed E-state index contributed by atoms with van der Waals surface area (Å²) < 4.78 is 25.3. The Morgan fingerprint density at radius 1 is 0.952 bits per heavy atom. The predicted molar refractivity (Wildman–Crippen MR) is 85.2 cm³/mol. The number of aliphatic hydroxyl groups excluding tert-OH is 1. The molecule has 0 bridgehead atoms. The van der Waals surface area contributed by atoms with Gasteiger partial charge in [0.2, 0.25) is 0 Å². The van der Waals surface area contributed by atoms with Crippen molar-refractivity contribution < 1.29 is 13.5 Å². The standard InChI is InChI=1S/C16H17ClO3S/c17-15-9-7-14(8-10-15)16(13-5-2-1-3-6-13)21(19,20)12-4-11-18/h1-3,5-10,16,18H,4,11-12H2. The predicted octanol–water partition coefficient (Wildman–Crippen LogP) is 3.23. The Morgan fingerprint density at radius 2 is 1.52 bits per heavy atom. The summed E-state index contributed by atoms with van der Waals surface area (Å²) in [5.74, 6) is -0.0499. The number of sulfone groups is 1. The molecular formula is C16H17ClO3S. The lowest BCUT2D eigenvalue weighted by molar-refractivity contribution is 0.295. The van der Waals surface area contributed by atoms with Gasteiger partial charge in [-0.1, -0.05) is 54.1 Å². The SMILES string of the molecule is O=S(=O)(CCCO)C(c1ccccc1)c1ccc(Cl)cc1. The number of benzene rings is 2. The molecule has 0 heterocycles. The lowest BCUT2D eigenvalue weighted by Gasteiger charge is -2.18. The van der Waals surface area contributed by atoms with Gasteiger partial charge in [-0.2, -0.15) is 0 Å². The molecule has 112 valence electrons. The van der Waals surface area contributed by atoms with Crippen molar-refractivity contribution in [2.24, 2.45) is 0 Å². The first-order valence-corrected chi connectivity index (χ1v) is 8.77. The van der Waals surface area contributed by atoms with Gasteiger partial charge < -0.3 is 5.11 Å². The minimum absolute atomic E-state index is 0.0499. The van der Waals surface area contributed by atoms with E-state index in [0.717, 1.165) is 5.56 Å². The maximum atomic E-state index is 12.6. The van der Waals surface area contributed by atoms with Gasteiger partial charge in [0.05, 0.1) is 5.75 Å². The molecule has 2 rings (SSSR count). The van der Waals surface area contributed by atoms with Crippen molar-refractivity contribution in [1.29, 1.82) is 0 Å². The number of hydrogen-bond acceptors (Lipinski definition) is 3. The zero-order chi connectivity index (χ0) is 15.3. The third kappa shape index (κ3) is 4.06. The highest BCUT2D eigenvalue weighted by Crippen LogP contribution is 2.31. The van der Waals surface area contributed by atoms with Gasteiger partial charge >= 0.3 is 0 Å². The fourth-order valence-electron chi connectivity index (χ4n) is 2.26. The number of rotatable bonds is 6. The Hall–Kier alpha value is -1.36. The highest BCUT2D eigenvalue weighted by Gasteiger charge is 2.28. The molecule has 0 saturated heterocycles. The Balaban J connectivity index is 2.47. The van der Waals surface area contributed by atoms with Crippen LogP contribution < -0.4 is 0 Å². The molecule has 0 saturated carbocycles. The van der Waals surface area contributed by atoms with Gasteiger partial charge in [-0.05, 0) is 29.7 Å². The van der Waals surface area contributed by atoms with E-state index in [1.807, 2.05) is 18.2 Å². The van der Waals surface area contributed by atoms with Crippen LogP contribution in [0, 0.1) is 0 Å². The molecule has 0 aliphatic rings. The van der Waals surface area contributed by atoms with E-state index in [-0.39, 0.29) is 18.8 Å². The maximum Gasteiger partial charge on any atom is 0.161 e. The molecule has 1 atom stereocenters. The fraction of sp³-hybridized carbons (Fsp3) is 0.250. The van der Waals surface area contributed by atoms with Crippen LogP contribution in [-0.4, -0.2) is 25.9 Å². The first-order valence-electron chi connectivity index (χ1n) is 6.67. The van der Waals surface area contributed by atoms with E-state index in [2.05, 4.69) is 0 Å². The van der Waals surface area contributed by atoms with Crippen molar-refractivity contribution in [3.05, 3.63) is 70.7 Å². The second-order valence-corrected chi connectivity index (χ2v) is 7.43. The first kappa shape index (κ1) is 16.0. The van der Waals surface area contributed by atoms with Crippen molar-refractivity contribution >= 4 is 21.4 Å². The van der Waals surface area contributed by atoms with Crippen molar-refractivity contribution in [1.82, 2.24) is 0 Å². The molecule has 2 aromatic carbocycles. The van der Waals surface area contributed by atoms with Crippen LogP contribution in [0.3, 0.4) is 0 Å². The Kier molecular flexibility index (Phi) is 5.39. The lowest BCUT2D eigenvalue weighted by Crippen LogP contribution is -2.19. The number of halogens is 1. The average Bonchev–Trinajstić information content (AvgIpc) is 2.48. The van der Waals surface area contributed by atoms with Gasteiger partial charge in [0, 0.05) is 11.6 Å². The summed E-state index contributed by atoms with van der Waals surface area (Å²) in [6.07, 6.45) is 0.235. The van der Waals surface area contributed by atoms with E-state index in [0.29, 0.717) is 10.6 Å². The van der Waals surface area contributed by atoms with Crippen LogP contribution in [0.2, 0.25) is 5.02 Å². The summed E-state index contributed by atoms with van der Waals surface area (Å²) in [7, 11) is -3.41. The highest BCUT2D eigenvalue weighted by atomic mass is 35.5. The largest absolute Gasteiger partial charge is 0.396 e. The lowest BCUT2D eigenvalue weighted by atomic mass is 10.0. The second-order valence-electron chi connectivity index (χ2n) is 4.79. The molecule has 1 unspecified atom stereocenters. The summed E-state index contributed by atoms with van der Waals surface area (Å²) in [6.45, 7) is -0.138. The van der Waals surface area contributed by atoms with E-state index in [1.54, 1.807) is 36.4 Å². The van der Waals surface area contributed by atoms with Crippen LogP contribution >= 0.6 is 11.6 Å². The molecule has 5 heteroatoms. The fourth-order valence-corrected chi connectivity index (χ4v) is 4.29. The molecule has 0 fully saturated rings. The maximum absolute atomic E-state index is 12.6. The van der Waals surface area contributed by atoms with Crippen LogP contribution in [0.25, 0.3) is 0 Å². The zero-order valence-corrected chi connectivity index (χ0v) is 13.0. The van der Waals surface area contributed by atoms with E-state index in [4.69, 9.17) is 16.7 Å². The van der Waals surface area contributed by atoms with E-state index in [9.17, 15) is 8.42 Å².